The van der Waals surface area contributed by atoms with Gasteiger partial charge in [-0.2, -0.15) is 0 Å². The summed E-state index contributed by atoms with van der Waals surface area (Å²) in [6, 6.07) is 5.79. The molecule has 0 saturated carbocycles. The summed E-state index contributed by atoms with van der Waals surface area (Å²) in [6.07, 6.45) is 7.91. The van der Waals surface area contributed by atoms with Gasteiger partial charge < -0.3 is 4.74 Å². The van der Waals surface area contributed by atoms with Crippen molar-refractivity contribution >= 4 is 0 Å². The third-order valence-corrected chi connectivity index (χ3v) is 3.35. The van der Waals surface area contributed by atoms with E-state index < -0.39 is 6.17 Å². The van der Waals surface area contributed by atoms with Crippen LogP contribution < -0.4 is 4.74 Å². The standard InChI is InChI=1S/C20H21FN2O/c1-3-11-24-20-12-17(8-6-4-5-7-16(2)21)9-10-19(20)18-13-22-15-23-14-18/h3,9-10,12-16H,1,4-5,7,11H2,2H3. The number of halogens is 1. The van der Waals surface area contributed by atoms with Crippen LogP contribution in [-0.4, -0.2) is 22.7 Å². The Labute approximate surface area is 142 Å². The molecule has 124 valence electrons. The molecule has 0 aliphatic rings. The minimum Gasteiger partial charge on any atom is -0.489 e. The number of aromatic nitrogens is 2. The summed E-state index contributed by atoms with van der Waals surface area (Å²) in [7, 11) is 0. The third-order valence-electron chi connectivity index (χ3n) is 3.35. The number of alkyl halides is 1. The highest BCUT2D eigenvalue weighted by Gasteiger charge is 2.07. The first-order valence-electron chi connectivity index (χ1n) is 7.96. The minimum atomic E-state index is -0.766. The van der Waals surface area contributed by atoms with Gasteiger partial charge >= 0.3 is 0 Å². The molecule has 1 aromatic heterocycles. The van der Waals surface area contributed by atoms with Crippen LogP contribution in [0.25, 0.3) is 11.1 Å². The zero-order valence-corrected chi connectivity index (χ0v) is 13.8. The molecular weight excluding hydrogens is 303 g/mol. The number of rotatable bonds is 7. The molecule has 24 heavy (non-hydrogen) atoms. The van der Waals surface area contributed by atoms with E-state index in [4.69, 9.17) is 4.74 Å². The molecule has 0 spiro atoms. The smallest absolute Gasteiger partial charge is 0.128 e. The van der Waals surface area contributed by atoms with E-state index in [0.29, 0.717) is 25.2 Å². The first-order valence-corrected chi connectivity index (χ1v) is 7.96. The molecule has 4 heteroatoms. The fourth-order valence-electron chi connectivity index (χ4n) is 2.18. The summed E-state index contributed by atoms with van der Waals surface area (Å²) < 4.78 is 18.5. The van der Waals surface area contributed by atoms with Crippen molar-refractivity contribution in [1.29, 1.82) is 0 Å². The fourth-order valence-corrected chi connectivity index (χ4v) is 2.18. The van der Waals surface area contributed by atoms with Gasteiger partial charge in [-0.3, -0.25) is 0 Å². The van der Waals surface area contributed by atoms with E-state index in [-0.39, 0.29) is 0 Å². The second kappa shape index (κ2) is 9.46. The van der Waals surface area contributed by atoms with E-state index >= 15 is 0 Å². The van der Waals surface area contributed by atoms with Gasteiger partial charge in [0.1, 0.15) is 18.7 Å². The SMILES string of the molecule is C=CCOc1cc(C#CCCCC(C)F)ccc1-c1cncnc1. The summed E-state index contributed by atoms with van der Waals surface area (Å²) in [5, 5.41) is 0. The van der Waals surface area contributed by atoms with Crippen LogP contribution in [0.5, 0.6) is 5.75 Å². The van der Waals surface area contributed by atoms with Crippen molar-refractivity contribution in [3.05, 3.63) is 55.1 Å². The third kappa shape index (κ3) is 5.51. The van der Waals surface area contributed by atoms with Crippen LogP contribution >= 0.6 is 0 Å². The van der Waals surface area contributed by atoms with Crippen molar-refractivity contribution in [2.75, 3.05) is 6.61 Å². The van der Waals surface area contributed by atoms with Gasteiger partial charge in [-0.25, -0.2) is 14.4 Å². The molecule has 1 unspecified atom stereocenters. The Morgan fingerprint density at radius 1 is 1.33 bits per heavy atom. The minimum absolute atomic E-state index is 0.409. The highest BCUT2D eigenvalue weighted by atomic mass is 19.1. The van der Waals surface area contributed by atoms with E-state index in [2.05, 4.69) is 28.4 Å². The van der Waals surface area contributed by atoms with Gasteiger partial charge in [-0.05, 0) is 38.0 Å². The van der Waals surface area contributed by atoms with Crippen molar-refractivity contribution < 1.29 is 9.13 Å². The highest BCUT2D eigenvalue weighted by Crippen LogP contribution is 2.30. The van der Waals surface area contributed by atoms with E-state index in [0.717, 1.165) is 23.1 Å². The molecule has 0 bridgehead atoms. The molecule has 0 fully saturated rings. The molecule has 0 aliphatic carbocycles. The predicted molar refractivity (Wildman–Crippen MR) is 94.5 cm³/mol. The lowest BCUT2D eigenvalue weighted by Crippen LogP contribution is -1.96. The second-order valence-electron chi connectivity index (χ2n) is 5.41. The summed E-state index contributed by atoms with van der Waals surface area (Å²) in [5.41, 5.74) is 2.66. The predicted octanol–water partition coefficient (Wildman–Crippen LogP) is 4.59. The zero-order valence-electron chi connectivity index (χ0n) is 13.8. The molecule has 0 radical (unpaired) electrons. The van der Waals surface area contributed by atoms with Crippen LogP contribution in [0, 0.1) is 11.8 Å². The lowest BCUT2D eigenvalue weighted by atomic mass is 10.1. The maximum atomic E-state index is 12.7. The van der Waals surface area contributed by atoms with Gasteiger partial charge in [-0.15, -0.1) is 0 Å². The van der Waals surface area contributed by atoms with Crippen LogP contribution in [-0.2, 0) is 0 Å². The summed E-state index contributed by atoms with van der Waals surface area (Å²) in [4.78, 5) is 8.09. The lowest BCUT2D eigenvalue weighted by molar-refractivity contribution is 0.336. The van der Waals surface area contributed by atoms with Crippen LogP contribution in [0.3, 0.4) is 0 Å². The Kier molecular flexibility index (Phi) is 6.97. The van der Waals surface area contributed by atoms with Gasteiger partial charge in [0.2, 0.25) is 0 Å². The topological polar surface area (TPSA) is 35.0 Å². The van der Waals surface area contributed by atoms with E-state index in [1.807, 2.05) is 18.2 Å². The molecular formula is C20H21FN2O. The Morgan fingerprint density at radius 3 is 2.83 bits per heavy atom. The van der Waals surface area contributed by atoms with Gasteiger partial charge in [-0.1, -0.05) is 24.5 Å². The largest absolute Gasteiger partial charge is 0.489 e. The first-order chi connectivity index (χ1) is 11.7. The Morgan fingerprint density at radius 2 is 2.12 bits per heavy atom. The molecule has 2 aromatic rings. The lowest BCUT2D eigenvalue weighted by Gasteiger charge is -2.10. The van der Waals surface area contributed by atoms with Gasteiger partial charge in [0, 0.05) is 35.5 Å². The number of hydrogen-bond acceptors (Lipinski definition) is 3. The second-order valence-corrected chi connectivity index (χ2v) is 5.41. The molecule has 0 aliphatic heterocycles. The van der Waals surface area contributed by atoms with Crippen LogP contribution in [0.15, 0.2) is 49.6 Å². The molecule has 2 rings (SSSR count). The molecule has 0 N–H and O–H groups in total. The van der Waals surface area contributed by atoms with Crippen molar-refractivity contribution in [2.45, 2.75) is 32.4 Å². The maximum Gasteiger partial charge on any atom is 0.128 e. The number of hydrogen-bond donors (Lipinski definition) is 0. The van der Waals surface area contributed by atoms with Crippen LogP contribution in [0.4, 0.5) is 4.39 Å². The molecule has 1 aromatic carbocycles. The Balaban J connectivity index is 2.17. The van der Waals surface area contributed by atoms with Crippen LogP contribution in [0.1, 0.15) is 31.7 Å². The van der Waals surface area contributed by atoms with E-state index in [1.54, 1.807) is 25.4 Å². The van der Waals surface area contributed by atoms with E-state index in [9.17, 15) is 4.39 Å². The van der Waals surface area contributed by atoms with Crippen molar-refractivity contribution in [2.24, 2.45) is 0 Å². The highest BCUT2D eigenvalue weighted by molar-refractivity contribution is 5.70. The van der Waals surface area contributed by atoms with E-state index in [1.165, 1.54) is 6.33 Å². The molecule has 0 amide bonds. The average molecular weight is 324 g/mol. The van der Waals surface area contributed by atoms with Crippen molar-refractivity contribution in [3.63, 3.8) is 0 Å². The fraction of sp³-hybridized carbons (Fsp3) is 0.300. The molecule has 1 heterocycles. The molecule has 0 saturated heterocycles. The van der Waals surface area contributed by atoms with Crippen LogP contribution in [0.2, 0.25) is 0 Å². The summed E-state index contributed by atoms with van der Waals surface area (Å²) in [5.74, 6) is 6.90. The van der Waals surface area contributed by atoms with Crippen molar-refractivity contribution in [3.8, 4) is 28.7 Å². The normalized spacial score (nSPS) is 11.2. The maximum absolute atomic E-state index is 12.7. The van der Waals surface area contributed by atoms with Gasteiger partial charge in [0.15, 0.2) is 0 Å². The summed E-state index contributed by atoms with van der Waals surface area (Å²) >= 11 is 0. The summed E-state index contributed by atoms with van der Waals surface area (Å²) in [6.45, 7) is 5.66. The number of ether oxygens (including phenoxy) is 1. The average Bonchev–Trinajstić information content (AvgIpc) is 2.60. The van der Waals surface area contributed by atoms with Gasteiger partial charge in [0.05, 0.1) is 6.17 Å². The van der Waals surface area contributed by atoms with Crippen molar-refractivity contribution in [1.82, 2.24) is 9.97 Å². The first kappa shape index (κ1) is 17.7. The monoisotopic (exact) mass is 324 g/mol. The Hall–Kier alpha value is -2.67. The zero-order chi connectivity index (χ0) is 17.2. The molecule has 3 nitrogen and oxygen atoms in total. The quantitative estimate of drug-likeness (QED) is 0.424. The number of unbranched alkanes of at least 4 members (excludes halogenated alkanes) is 1. The Bertz CT molecular complexity index is 717. The molecule has 1 atom stereocenters. The van der Waals surface area contributed by atoms with Gasteiger partial charge in [0.25, 0.3) is 0 Å². The number of nitrogens with zero attached hydrogens (tertiary/aromatic N) is 2. The number of benzene rings is 1.